The van der Waals surface area contributed by atoms with Crippen molar-refractivity contribution in [2.75, 3.05) is 13.2 Å². The van der Waals surface area contributed by atoms with Crippen LogP contribution in [0.25, 0.3) is 0 Å². The van der Waals surface area contributed by atoms with Crippen molar-refractivity contribution < 1.29 is 14.3 Å². The molecular formula is C11H12O3. The summed E-state index contributed by atoms with van der Waals surface area (Å²) in [6, 6.07) is 5.48. The molecule has 0 fully saturated rings. The van der Waals surface area contributed by atoms with E-state index in [9.17, 15) is 4.79 Å². The lowest BCUT2D eigenvalue weighted by Crippen LogP contribution is -2.17. The molecule has 1 aliphatic rings. The van der Waals surface area contributed by atoms with E-state index in [0.717, 1.165) is 17.7 Å². The van der Waals surface area contributed by atoms with Gasteiger partial charge in [-0.2, -0.15) is 0 Å². The van der Waals surface area contributed by atoms with Crippen LogP contribution in [0.2, 0.25) is 0 Å². The van der Waals surface area contributed by atoms with Crippen LogP contribution in [0, 0.1) is 0 Å². The van der Waals surface area contributed by atoms with Crippen molar-refractivity contribution in [1.82, 2.24) is 0 Å². The fraction of sp³-hybridized carbons (Fsp3) is 0.364. The summed E-state index contributed by atoms with van der Waals surface area (Å²) in [6.07, 6.45) is 0.780. The summed E-state index contributed by atoms with van der Waals surface area (Å²) in [4.78, 5) is 11.3. The number of hydrogen-bond donors (Lipinski definition) is 0. The van der Waals surface area contributed by atoms with E-state index in [1.807, 2.05) is 13.0 Å². The number of ether oxygens (including phenoxy) is 2. The molecule has 0 saturated heterocycles. The Kier molecular flexibility index (Phi) is 2.39. The third-order valence-corrected chi connectivity index (χ3v) is 2.21. The van der Waals surface area contributed by atoms with Crippen LogP contribution in [0.1, 0.15) is 22.8 Å². The zero-order valence-electron chi connectivity index (χ0n) is 8.08. The Morgan fingerprint density at radius 2 is 2.36 bits per heavy atom. The fourth-order valence-electron chi connectivity index (χ4n) is 1.56. The third-order valence-electron chi connectivity index (χ3n) is 2.21. The maximum Gasteiger partial charge on any atom is 0.338 e. The van der Waals surface area contributed by atoms with Crippen LogP contribution in [0.15, 0.2) is 18.2 Å². The van der Waals surface area contributed by atoms with Gasteiger partial charge in [0.15, 0.2) is 0 Å². The SMILES string of the molecule is CCOc1ccc2c(c1)CCOC2=O. The monoisotopic (exact) mass is 192 g/mol. The average Bonchev–Trinajstić information content (AvgIpc) is 2.18. The molecule has 0 atom stereocenters. The normalized spacial score (nSPS) is 14.5. The Labute approximate surface area is 82.6 Å². The Morgan fingerprint density at radius 3 is 3.14 bits per heavy atom. The minimum atomic E-state index is -0.228. The van der Waals surface area contributed by atoms with Gasteiger partial charge in [-0.05, 0) is 30.7 Å². The first-order valence-electron chi connectivity index (χ1n) is 4.74. The van der Waals surface area contributed by atoms with E-state index < -0.39 is 0 Å². The standard InChI is InChI=1S/C11H12O3/c1-2-13-9-3-4-10-8(7-9)5-6-14-11(10)12/h3-4,7H,2,5-6H2,1H3. The van der Waals surface area contributed by atoms with Gasteiger partial charge in [0.2, 0.25) is 0 Å². The second kappa shape index (κ2) is 3.70. The molecule has 1 aromatic carbocycles. The quantitative estimate of drug-likeness (QED) is 0.670. The first-order chi connectivity index (χ1) is 6.81. The smallest absolute Gasteiger partial charge is 0.338 e. The molecule has 0 bridgehead atoms. The number of carbonyl (C=O) groups is 1. The summed E-state index contributed by atoms with van der Waals surface area (Å²) in [5.41, 5.74) is 1.69. The largest absolute Gasteiger partial charge is 0.494 e. The lowest BCUT2D eigenvalue weighted by atomic mass is 10.0. The van der Waals surface area contributed by atoms with Gasteiger partial charge in [-0.25, -0.2) is 4.79 Å². The molecule has 0 N–H and O–H groups in total. The summed E-state index contributed by atoms with van der Waals surface area (Å²) in [7, 11) is 0. The van der Waals surface area contributed by atoms with Gasteiger partial charge in [0.25, 0.3) is 0 Å². The van der Waals surface area contributed by atoms with Gasteiger partial charge in [-0.3, -0.25) is 0 Å². The van der Waals surface area contributed by atoms with Gasteiger partial charge in [-0.15, -0.1) is 0 Å². The summed E-state index contributed by atoms with van der Waals surface area (Å²) in [5, 5.41) is 0. The first-order valence-corrected chi connectivity index (χ1v) is 4.74. The van der Waals surface area contributed by atoms with Crippen molar-refractivity contribution in [3.63, 3.8) is 0 Å². The number of esters is 1. The molecule has 1 heterocycles. The molecule has 0 aliphatic carbocycles. The Hall–Kier alpha value is -1.51. The fourth-order valence-corrected chi connectivity index (χ4v) is 1.56. The van der Waals surface area contributed by atoms with Gasteiger partial charge >= 0.3 is 5.97 Å². The maximum absolute atomic E-state index is 11.3. The molecule has 14 heavy (non-hydrogen) atoms. The van der Waals surface area contributed by atoms with Crippen molar-refractivity contribution in [3.05, 3.63) is 29.3 Å². The van der Waals surface area contributed by atoms with Gasteiger partial charge in [0.1, 0.15) is 5.75 Å². The summed E-state index contributed by atoms with van der Waals surface area (Å²) >= 11 is 0. The molecule has 2 rings (SSSR count). The van der Waals surface area contributed by atoms with Gasteiger partial charge in [0.05, 0.1) is 18.8 Å². The van der Waals surface area contributed by atoms with Crippen LogP contribution in [0.5, 0.6) is 5.75 Å². The van der Waals surface area contributed by atoms with Gasteiger partial charge in [-0.1, -0.05) is 0 Å². The van der Waals surface area contributed by atoms with E-state index >= 15 is 0 Å². The number of cyclic esters (lactones) is 1. The maximum atomic E-state index is 11.3. The van der Waals surface area contributed by atoms with Crippen LogP contribution in [-0.4, -0.2) is 19.2 Å². The van der Waals surface area contributed by atoms with Crippen LogP contribution < -0.4 is 4.74 Å². The molecule has 1 aromatic rings. The van der Waals surface area contributed by atoms with Crippen molar-refractivity contribution in [2.24, 2.45) is 0 Å². The topological polar surface area (TPSA) is 35.5 Å². The molecule has 0 unspecified atom stereocenters. The molecule has 3 heteroatoms. The molecule has 0 spiro atoms. The van der Waals surface area contributed by atoms with Crippen molar-refractivity contribution in [3.8, 4) is 5.75 Å². The zero-order valence-corrected chi connectivity index (χ0v) is 8.08. The minimum absolute atomic E-state index is 0.228. The molecule has 0 radical (unpaired) electrons. The molecule has 1 aliphatic heterocycles. The highest BCUT2D eigenvalue weighted by Gasteiger charge is 2.18. The van der Waals surface area contributed by atoms with E-state index in [1.54, 1.807) is 12.1 Å². The van der Waals surface area contributed by atoms with E-state index in [-0.39, 0.29) is 5.97 Å². The van der Waals surface area contributed by atoms with Crippen molar-refractivity contribution in [1.29, 1.82) is 0 Å². The second-order valence-electron chi connectivity index (χ2n) is 3.14. The summed E-state index contributed by atoms with van der Waals surface area (Å²) in [5.74, 6) is 0.593. The predicted molar refractivity (Wildman–Crippen MR) is 51.6 cm³/mol. The van der Waals surface area contributed by atoms with Crippen LogP contribution in [0.4, 0.5) is 0 Å². The Bertz CT molecular complexity index is 358. The van der Waals surface area contributed by atoms with Crippen LogP contribution in [-0.2, 0) is 11.2 Å². The lowest BCUT2D eigenvalue weighted by Gasteiger charge is -2.16. The predicted octanol–water partition coefficient (Wildman–Crippen LogP) is 1.80. The van der Waals surface area contributed by atoms with E-state index in [0.29, 0.717) is 18.8 Å². The Balaban J connectivity index is 2.34. The highest BCUT2D eigenvalue weighted by molar-refractivity contribution is 5.92. The van der Waals surface area contributed by atoms with Crippen LogP contribution in [0.3, 0.4) is 0 Å². The number of fused-ring (bicyclic) bond motifs is 1. The summed E-state index contributed by atoms with van der Waals surface area (Å²) in [6.45, 7) is 3.05. The molecule has 3 nitrogen and oxygen atoms in total. The highest BCUT2D eigenvalue weighted by atomic mass is 16.5. The molecule has 0 saturated carbocycles. The van der Waals surface area contributed by atoms with E-state index in [2.05, 4.69) is 0 Å². The first kappa shape index (κ1) is 9.06. The zero-order chi connectivity index (χ0) is 9.97. The van der Waals surface area contributed by atoms with Crippen molar-refractivity contribution in [2.45, 2.75) is 13.3 Å². The van der Waals surface area contributed by atoms with E-state index in [4.69, 9.17) is 9.47 Å². The van der Waals surface area contributed by atoms with Gasteiger partial charge in [0, 0.05) is 6.42 Å². The highest BCUT2D eigenvalue weighted by Crippen LogP contribution is 2.22. The van der Waals surface area contributed by atoms with Gasteiger partial charge < -0.3 is 9.47 Å². The van der Waals surface area contributed by atoms with E-state index in [1.165, 1.54) is 0 Å². The number of rotatable bonds is 2. The minimum Gasteiger partial charge on any atom is -0.494 e. The molecule has 74 valence electrons. The number of benzene rings is 1. The van der Waals surface area contributed by atoms with Crippen LogP contribution >= 0.6 is 0 Å². The number of hydrogen-bond acceptors (Lipinski definition) is 3. The van der Waals surface area contributed by atoms with Crippen molar-refractivity contribution >= 4 is 5.97 Å². The lowest BCUT2D eigenvalue weighted by molar-refractivity contribution is 0.0480. The average molecular weight is 192 g/mol. The third kappa shape index (κ3) is 1.58. The molecule has 0 aromatic heterocycles. The Morgan fingerprint density at radius 1 is 1.50 bits per heavy atom. The molecule has 0 amide bonds. The summed E-state index contributed by atoms with van der Waals surface area (Å²) < 4.78 is 10.3. The molecular weight excluding hydrogens is 180 g/mol. The second-order valence-corrected chi connectivity index (χ2v) is 3.14. The number of carbonyl (C=O) groups excluding carboxylic acids is 1.